The summed E-state index contributed by atoms with van der Waals surface area (Å²) in [6, 6.07) is 1.08. The predicted molar refractivity (Wildman–Crippen MR) is 94.4 cm³/mol. The minimum absolute atomic E-state index is 0.0245. The lowest BCUT2D eigenvalue weighted by Gasteiger charge is -2.13. The Hall–Kier alpha value is -1.80. The number of halogens is 3. The van der Waals surface area contributed by atoms with E-state index in [0.717, 1.165) is 12.3 Å². The topological polar surface area (TPSA) is 79.1 Å². The molecule has 0 radical (unpaired) electrons. The highest BCUT2D eigenvalue weighted by molar-refractivity contribution is 9.10. The molecule has 0 aliphatic carbocycles. The van der Waals surface area contributed by atoms with Gasteiger partial charge in [0, 0.05) is 12.3 Å². The molecular weight excluding hydrogens is 400 g/mol. The molecule has 0 fully saturated rings. The summed E-state index contributed by atoms with van der Waals surface area (Å²) in [5.41, 5.74) is -0.772. The maximum absolute atomic E-state index is 14.0. The van der Waals surface area contributed by atoms with Gasteiger partial charge in [0.25, 0.3) is 0 Å². The van der Waals surface area contributed by atoms with Crippen LogP contribution in [0.15, 0.2) is 27.2 Å². The molecule has 138 valence electrons. The number of benzene rings is 1. The van der Waals surface area contributed by atoms with Gasteiger partial charge in [-0.1, -0.05) is 13.8 Å². The molecule has 0 spiro atoms. The number of carbonyl (C=O) groups is 1. The van der Waals surface area contributed by atoms with Crippen LogP contribution in [0.1, 0.15) is 26.3 Å². The summed E-state index contributed by atoms with van der Waals surface area (Å²) < 4.78 is 32.1. The van der Waals surface area contributed by atoms with Crippen LogP contribution in [-0.2, 0) is 9.53 Å². The van der Waals surface area contributed by atoms with E-state index in [0.29, 0.717) is 6.07 Å². The number of aliphatic hydroxyl groups is 2. The third kappa shape index (κ3) is 5.61. The SMILES string of the molecule is CCOC(=O)/C(C=N[C@H](CO)C(C)C)=C(/O)c1cc(Br)c(F)cc1F. The number of rotatable bonds is 7. The van der Waals surface area contributed by atoms with E-state index < -0.39 is 35.0 Å². The zero-order chi connectivity index (χ0) is 19.1. The van der Waals surface area contributed by atoms with Gasteiger partial charge >= 0.3 is 5.97 Å². The second-order valence-electron chi connectivity index (χ2n) is 5.50. The van der Waals surface area contributed by atoms with Crippen LogP contribution in [0.5, 0.6) is 0 Å². The van der Waals surface area contributed by atoms with Crippen LogP contribution in [0.3, 0.4) is 0 Å². The van der Waals surface area contributed by atoms with Crippen LogP contribution in [0.2, 0.25) is 0 Å². The van der Waals surface area contributed by atoms with Crippen molar-refractivity contribution in [2.24, 2.45) is 10.9 Å². The van der Waals surface area contributed by atoms with Crippen LogP contribution in [-0.4, -0.2) is 41.7 Å². The summed E-state index contributed by atoms with van der Waals surface area (Å²) in [4.78, 5) is 16.1. The van der Waals surface area contributed by atoms with Crippen molar-refractivity contribution in [2.45, 2.75) is 26.8 Å². The molecule has 1 atom stereocenters. The minimum Gasteiger partial charge on any atom is -0.506 e. The number of aliphatic imine (C=N–C) groups is 1. The van der Waals surface area contributed by atoms with Crippen molar-refractivity contribution in [1.82, 2.24) is 0 Å². The van der Waals surface area contributed by atoms with Crippen molar-refractivity contribution in [3.63, 3.8) is 0 Å². The van der Waals surface area contributed by atoms with E-state index >= 15 is 0 Å². The molecule has 0 heterocycles. The lowest BCUT2D eigenvalue weighted by Crippen LogP contribution is -2.19. The molecule has 0 aliphatic heterocycles. The first-order valence-corrected chi connectivity index (χ1v) is 8.41. The Morgan fingerprint density at radius 2 is 2.00 bits per heavy atom. The largest absolute Gasteiger partial charge is 0.506 e. The molecule has 5 nitrogen and oxygen atoms in total. The highest BCUT2D eigenvalue weighted by Gasteiger charge is 2.21. The van der Waals surface area contributed by atoms with Crippen molar-refractivity contribution in [3.05, 3.63) is 39.4 Å². The summed E-state index contributed by atoms with van der Waals surface area (Å²) in [5.74, 6) is -3.56. The van der Waals surface area contributed by atoms with Gasteiger partial charge in [0.15, 0.2) is 0 Å². The predicted octanol–water partition coefficient (Wildman–Crippen LogP) is 3.65. The molecule has 0 saturated heterocycles. The van der Waals surface area contributed by atoms with Gasteiger partial charge in [-0.25, -0.2) is 13.6 Å². The van der Waals surface area contributed by atoms with Gasteiger partial charge in [-0.3, -0.25) is 4.99 Å². The van der Waals surface area contributed by atoms with Crippen molar-refractivity contribution in [3.8, 4) is 0 Å². The molecule has 0 aliphatic rings. The fourth-order valence-electron chi connectivity index (χ4n) is 1.87. The van der Waals surface area contributed by atoms with Gasteiger partial charge in [-0.15, -0.1) is 0 Å². The standard InChI is InChI=1S/C17H20BrF2NO4/c1-4-25-17(24)11(7-21-15(8-22)9(2)3)16(23)10-5-12(18)14(20)6-13(10)19/h5-7,9,15,22-23H,4,8H2,1-3H3/b16-11+,21-7?/t15-/m1/s1. The first-order chi connectivity index (χ1) is 11.7. The second-order valence-corrected chi connectivity index (χ2v) is 6.36. The number of aliphatic hydroxyl groups excluding tert-OH is 2. The van der Waals surface area contributed by atoms with Crippen LogP contribution in [0.25, 0.3) is 5.76 Å². The quantitative estimate of drug-likeness (QED) is 0.232. The van der Waals surface area contributed by atoms with Crippen LogP contribution in [0, 0.1) is 17.6 Å². The molecular formula is C17H20BrF2NO4. The third-order valence-corrected chi connectivity index (χ3v) is 3.97. The number of esters is 1. The summed E-state index contributed by atoms with van der Waals surface area (Å²) >= 11 is 2.90. The van der Waals surface area contributed by atoms with E-state index in [1.807, 2.05) is 13.8 Å². The van der Waals surface area contributed by atoms with E-state index in [-0.39, 0.29) is 29.2 Å². The fourth-order valence-corrected chi connectivity index (χ4v) is 2.21. The lowest BCUT2D eigenvalue weighted by molar-refractivity contribution is -0.137. The van der Waals surface area contributed by atoms with E-state index in [1.54, 1.807) is 6.92 Å². The Bertz CT molecular complexity index is 689. The molecule has 8 heteroatoms. The third-order valence-electron chi connectivity index (χ3n) is 3.37. The number of hydrogen-bond donors (Lipinski definition) is 2. The molecule has 2 N–H and O–H groups in total. The summed E-state index contributed by atoms with van der Waals surface area (Å²) in [6.07, 6.45) is 1.03. The van der Waals surface area contributed by atoms with Crippen molar-refractivity contribution < 1.29 is 28.5 Å². The number of carbonyl (C=O) groups excluding carboxylic acids is 1. The Labute approximate surface area is 153 Å². The molecule has 0 saturated carbocycles. The number of nitrogens with zero attached hydrogens (tertiary/aromatic N) is 1. The fraction of sp³-hybridized carbons (Fsp3) is 0.412. The molecule has 0 bridgehead atoms. The number of ether oxygens (including phenoxy) is 1. The zero-order valence-corrected chi connectivity index (χ0v) is 15.7. The smallest absolute Gasteiger partial charge is 0.343 e. The summed E-state index contributed by atoms with van der Waals surface area (Å²) in [6.45, 7) is 4.99. The average molecular weight is 420 g/mol. The van der Waals surface area contributed by atoms with Crippen molar-refractivity contribution in [1.29, 1.82) is 0 Å². The van der Waals surface area contributed by atoms with Gasteiger partial charge in [0.05, 0.1) is 29.3 Å². The van der Waals surface area contributed by atoms with Gasteiger partial charge in [0.1, 0.15) is 23.0 Å². The molecule has 1 aromatic rings. The monoisotopic (exact) mass is 419 g/mol. The zero-order valence-electron chi connectivity index (χ0n) is 14.1. The Balaban J connectivity index is 3.44. The molecule has 0 aromatic heterocycles. The van der Waals surface area contributed by atoms with Gasteiger partial charge in [-0.05, 0) is 34.8 Å². The second kappa shape index (κ2) is 9.62. The first kappa shape index (κ1) is 21.2. The summed E-state index contributed by atoms with van der Waals surface area (Å²) in [5, 5.41) is 19.6. The van der Waals surface area contributed by atoms with E-state index in [2.05, 4.69) is 20.9 Å². The Morgan fingerprint density at radius 1 is 1.36 bits per heavy atom. The van der Waals surface area contributed by atoms with Gasteiger partial charge < -0.3 is 14.9 Å². The first-order valence-electron chi connectivity index (χ1n) is 7.62. The van der Waals surface area contributed by atoms with Crippen LogP contribution >= 0.6 is 15.9 Å². The summed E-state index contributed by atoms with van der Waals surface area (Å²) in [7, 11) is 0. The van der Waals surface area contributed by atoms with Gasteiger partial charge in [-0.2, -0.15) is 0 Å². The van der Waals surface area contributed by atoms with E-state index in [9.17, 15) is 23.8 Å². The Morgan fingerprint density at radius 3 is 2.52 bits per heavy atom. The Kier molecular flexibility index (Phi) is 8.18. The average Bonchev–Trinajstić information content (AvgIpc) is 2.54. The molecule has 0 unspecified atom stereocenters. The molecule has 1 aromatic carbocycles. The van der Waals surface area contributed by atoms with Gasteiger partial charge in [0.2, 0.25) is 0 Å². The van der Waals surface area contributed by atoms with E-state index in [4.69, 9.17) is 4.74 Å². The van der Waals surface area contributed by atoms with Crippen molar-refractivity contribution in [2.75, 3.05) is 13.2 Å². The maximum atomic E-state index is 14.0. The lowest BCUT2D eigenvalue weighted by atomic mass is 10.1. The van der Waals surface area contributed by atoms with Crippen molar-refractivity contribution >= 4 is 33.9 Å². The highest BCUT2D eigenvalue weighted by atomic mass is 79.9. The minimum atomic E-state index is -1.05. The molecule has 1 rings (SSSR count). The highest BCUT2D eigenvalue weighted by Crippen LogP contribution is 2.26. The van der Waals surface area contributed by atoms with Crippen LogP contribution in [0.4, 0.5) is 8.78 Å². The normalized spacial score (nSPS) is 13.9. The van der Waals surface area contributed by atoms with Crippen LogP contribution < -0.4 is 0 Å². The molecule has 0 amide bonds. The maximum Gasteiger partial charge on any atom is 0.343 e. The molecule has 25 heavy (non-hydrogen) atoms. The number of hydrogen-bond acceptors (Lipinski definition) is 5. The van der Waals surface area contributed by atoms with E-state index in [1.165, 1.54) is 0 Å².